The lowest BCUT2D eigenvalue weighted by molar-refractivity contribution is -0.143. The van der Waals surface area contributed by atoms with Gasteiger partial charge in [0.2, 0.25) is 0 Å². The average molecular weight is 263 g/mol. The first-order valence-corrected chi connectivity index (χ1v) is 6.82. The first-order chi connectivity index (χ1) is 9.25. The highest BCUT2D eigenvalue weighted by molar-refractivity contribution is 5.70. The molecule has 1 aromatic rings. The van der Waals surface area contributed by atoms with Crippen molar-refractivity contribution in [3.63, 3.8) is 0 Å². The van der Waals surface area contributed by atoms with Crippen LogP contribution in [-0.4, -0.2) is 42.2 Å². The summed E-state index contributed by atoms with van der Waals surface area (Å²) in [6.45, 7) is 3.73. The first kappa shape index (κ1) is 14.0. The third kappa shape index (κ3) is 4.65. The lowest BCUT2D eigenvalue weighted by atomic mass is 9.98. The number of hydrogen-bond donors (Lipinski definition) is 1. The molecule has 1 aliphatic heterocycles. The van der Waals surface area contributed by atoms with Gasteiger partial charge in [-0.25, -0.2) is 0 Å². The molecule has 0 spiro atoms. The second-order valence-electron chi connectivity index (χ2n) is 5.02. The smallest absolute Gasteiger partial charge is 0.307 e. The zero-order chi connectivity index (χ0) is 13.5. The first-order valence-electron chi connectivity index (χ1n) is 6.82. The Hall–Kier alpha value is -1.39. The Morgan fingerprint density at radius 3 is 2.89 bits per heavy atom. The minimum atomic E-state index is -0.671. The van der Waals surface area contributed by atoms with Crippen molar-refractivity contribution in [2.24, 2.45) is 5.92 Å². The van der Waals surface area contributed by atoms with E-state index in [9.17, 15) is 4.79 Å². The summed E-state index contributed by atoms with van der Waals surface area (Å²) in [5.74, 6) is -0.877. The van der Waals surface area contributed by atoms with Crippen LogP contribution in [-0.2, 0) is 16.1 Å². The van der Waals surface area contributed by atoms with E-state index in [1.54, 1.807) is 0 Å². The van der Waals surface area contributed by atoms with Crippen LogP contribution >= 0.6 is 0 Å². The van der Waals surface area contributed by atoms with Crippen LogP contribution in [0.25, 0.3) is 0 Å². The molecule has 1 saturated heterocycles. The Morgan fingerprint density at radius 2 is 2.16 bits per heavy atom. The molecule has 1 aliphatic rings. The van der Waals surface area contributed by atoms with Gasteiger partial charge >= 0.3 is 5.97 Å². The monoisotopic (exact) mass is 263 g/mol. The van der Waals surface area contributed by atoms with Crippen molar-refractivity contribution >= 4 is 5.97 Å². The Bertz CT molecular complexity index is 394. The van der Waals surface area contributed by atoms with E-state index in [-0.39, 0.29) is 5.92 Å². The molecule has 0 aliphatic carbocycles. The van der Waals surface area contributed by atoms with Gasteiger partial charge in [-0.1, -0.05) is 30.3 Å². The fourth-order valence-electron chi connectivity index (χ4n) is 2.42. The van der Waals surface area contributed by atoms with Crippen molar-refractivity contribution < 1.29 is 14.6 Å². The summed E-state index contributed by atoms with van der Waals surface area (Å²) in [7, 11) is 0. The van der Waals surface area contributed by atoms with Gasteiger partial charge in [0.25, 0.3) is 0 Å². The van der Waals surface area contributed by atoms with Gasteiger partial charge in [-0.2, -0.15) is 0 Å². The van der Waals surface area contributed by atoms with Crippen LogP contribution in [0.2, 0.25) is 0 Å². The van der Waals surface area contributed by atoms with Crippen LogP contribution in [0.4, 0.5) is 0 Å². The fourth-order valence-corrected chi connectivity index (χ4v) is 2.42. The van der Waals surface area contributed by atoms with Crippen LogP contribution in [0.1, 0.15) is 18.4 Å². The molecule has 2 rings (SSSR count). The van der Waals surface area contributed by atoms with E-state index >= 15 is 0 Å². The van der Waals surface area contributed by atoms with Gasteiger partial charge in [0.05, 0.1) is 19.1 Å². The zero-order valence-corrected chi connectivity index (χ0v) is 11.1. The molecule has 0 amide bonds. The lowest BCUT2D eigenvalue weighted by Crippen LogP contribution is -2.40. The van der Waals surface area contributed by atoms with Gasteiger partial charge in [-0.05, 0) is 24.9 Å². The number of benzene rings is 1. The van der Waals surface area contributed by atoms with E-state index < -0.39 is 5.97 Å². The number of carboxylic acids is 1. The largest absolute Gasteiger partial charge is 0.481 e. The molecule has 0 saturated carbocycles. The maximum Gasteiger partial charge on any atom is 0.307 e. The second kappa shape index (κ2) is 7.26. The van der Waals surface area contributed by atoms with Gasteiger partial charge in [-0.3, -0.25) is 4.79 Å². The number of carboxylic acid groups (broad SMARTS) is 1. The molecule has 0 radical (unpaired) electrons. The third-order valence-electron chi connectivity index (χ3n) is 3.52. The van der Waals surface area contributed by atoms with Crippen LogP contribution in [0.15, 0.2) is 30.3 Å². The van der Waals surface area contributed by atoms with E-state index in [1.807, 2.05) is 30.3 Å². The standard InChI is InChI=1S/C15H21NO3/c17-15(18)14-7-4-8-16(11-14)9-10-19-12-13-5-2-1-3-6-13/h1-3,5-6,14H,4,7-12H2,(H,17,18). The fraction of sp³-hybridized carbons (Fsp3) is 0.533. The summed E-state index contributed by atoms with van der Waals surface area (Å²) in [6.07, 6.45) is 1.77. The number of rotatable bonds is 6. The number of carbonyl (C=O) groups is 1. The van der Waals surface area contributed by atoms with Crippen molar-refractivity contribution in [2.45, 2.75) is 19.4 Å². The minimum Gasteiger partial charge on any atom is -0.481 e. The number of nitrogens with zero attached hydrogens (tertiary/aromatic N) is 1. The Kier molecular flexibility index (Phi) is 5.36. The van der Waals surface area contributed by atoms with Crippen molar-refractivity contribution in [1.29, 1.82) is 0 Å². The number of piperidine rings is 1. The van der Waals surface area contributed by atoms with Crippen molar-refractivity contribution in [2.75, 3.05) is 26.2 Å². The quantitative estimate of drug-likeness (QED) is 0.798. The van der Waals surface area contributed by atoms with E-state index in [0.717, 1.165) is 25.9 Å². The topological polar surface area (TPSA) is 49.8 Å². The van der Waals surface area contributed by atoms with Crippen molar-refractivity contribution in [3.05, 3.63) is 35.9 Å². The predicted molar refractivity (Wildman–Crippen MR) is 72.9 cm³/mol. The van der Waals surface area contributed by atoms with Crippen LogP contribution in [0.5, 0.6) is 0 Å². The molecule has 1 unspecified atom stereocenters. The number of aliphatic carboxylic acids is 1. The minimum absolute atomic E-state index is 0.206. The molecule has 4 heteroatoms. The van der Waals surface area contributed by atoms with Gasteiger partial charge in [-0.15, -0.1) is 0 Å². The van der Waals surface area contributed by atoms with Crippen LogP contribution in [0.3, 0.4) is 0 Å². The number of hydrogen-bond acceptors (Lipinski definition) is 3. The SMILES string of the molecule is O=C(O)C1CCCN(CCOCc2ccccc2)C1. The van der Waals surface area contributed by atoms with Gasteiger partial charge < -0.3 is 14.7 Å². The Morgan fingerprint density at radius 1 is 1.37 bits per heavy atom. The van der Waals surface area contributed by atoms with E-state index in [4.69, 9.17) is 9.84 Å². The summed E-state index contributed by atoms with van der Waals surface area (Å²) in [5, 5.41) is 9.02. The van der Waals surface area contributed by atoms with E-state index in [1.165, 1.54) is 5.56 Å². The Balaban J connectivity index is 1.64. The van der Waals surface area contributed by atoms with Gasteiger partial charge in [0, 0.05) is 13.1 Å². The van der Waals surface area contributed by atoms with E-state index in [2.05, 4.69) is 4.90 Å². The van der Waals surface area contributed by atoms with Gasteiger partial charge in [0.15, 0.2) is 0 Å². The molecule has 19 heavy (non-hydrogen) atoms. The maximum atomic E-state index is 11.0. The van der Waals surface area contributed by atoms with Gasteiger partial charge in [0.1, 0.15) is 0 Å². The van der Waals surface area contributed by atoms with Crippen molar-refractivity contribution in [1.82, 2.24) is 4.90 Å². The molecule has 1 aromatic carbocycles. The molecular weight excluding hydrogens is 242 g/mol. The molecule has 104 valence electrons. The molecule has 0 aromatic heterocycles. The number of ether oxygens (including phenoxy) is 1. The van der Waals surface area contributed by atoms with Crippen LogP contribution in [0, 0.1) is 5.92 Å². The summed E-state index contributed by atoms with van der Waals surface area (Å²) in [6, 6.07) is 10.1. The van der Waals surface area contributed by atoms with Crippen LogP contribution < -0.4 is 0 Å². The summed E-state index contributed by atoms with van der Waals surface area (Å²) in [5.41, 5.74) is 1.17. The summed E-state index contributed by atoms with van der Waals surface area (Å²) in [4.78, 5) is 13.1. The lowest BCUT2D eigenvalue weighted by Gasteiger charge is -2.30. The normalized spacial score (nSPS) is 20.3. The zero-order valence-electron chi connectivity index (χ0n) is 11.1. The Labute approximate surface area is 114 Å². The molecule has 1 fully saturated rings. The predicted octanol–water partition coefficient (Wildman–Crippen LogP) is 2.00. The molecule has 1 heterocycles. The van der Waals surface area contributed by atoms with Crippen molar-refractivity contribution in [3.8, 4) is 0 Å². The number of likely N-dealkylation sites (tertiary alicyclic amines) is 1. The van der Waals surface area contributed by atoms with E-state index in [0.29, 0.717) is 19.8 Å². The third-order valence-corrected chi connectivity index (χ3v) is 3.52. The molecular formula is C15H21NO3. The maximum absolute atomic E-state index is 11.0. The average Bonchev–Trinajstić information content (AvgIpc) is 2.45. The highest BCUT2D eigenvalue weighted by atomic mass is 16.5. The molecule has 1 atom stereocenters. The molecule has 4 nitrogen and oxygen atoms in total. The highest BCUT2D eigenvalue weighted by Gasteiger charge is 2.24. The molecule has 1 N–H and O–H groups in total. The summed E-state index contributed by atoms with van der Waals surface area (Å²) >= 11 is 0. The second-order valence-corrected chi connectivity index (χ2v) is 5.02. The molecule has 0 bridgehead atoms. The highest BCUT2D eigenvalue weighted by Crippen LogP contribution is 2.16. The summed E-state index contributed by atoms with van der Waals surface area (Å²) < 4.78 is 5.63.